The predicted molar refractivity (Wildman–Crippen MR) is 75.8 cm³/mol. The second-order valence-electron chi connectivity index (χ2n) is 6.04. The van der Waals surface area contributed by atoms with Crippen molar-refractivity contribution in [3.05, 3.63) is 35.6 Å². The minimum absolute atomic E-state index is 0.220. The van der Waals surface area contributed by atoms with Crippen LogP contribution in [0.1, 0.15) is 45.1 Å². The molecule has 3 nitrogen and oxygen atoms in total. The molecule has 1 aromatic carbocycles. The SMILES string of the molecule is CC(C)(C(=O)NC1CCCCC1O)c1ccccc1F. The number of halogens is 1. The maximum absolute atomic E-state index is 13.9. The minimum Gasteiger partial charge on any atom is -0.391 e. The molecule has 1 aliphatic rings. The lowest BCUT2D eigenvalue weighted by molar-refractivity contribution is -0.127. The van der Waals surface area contributed by atoms with E-state index in [1.807, 2.05) is 0 Å². The summed E-state index contributed by atoms with van der Waals surface area (Å²) in [4.78, 5) is 12.4. The number of aliphatic hydroxyl groups is 1. The number of hydrogen-bond donors (Lipinski definition) is 2. The summed E-state index contributed by atoms with van der Waals surface area (Å²) in [6.07, 6.45) is 2.99. The summed E-state index contributed by atoms with van der Waals surface area (Å²) >= 11 is 0. The number of nitrogens with one attached hydrogen (secondary N) is 1. The zero-order chi connectivity index (χ0) is 14.8. The van der Waals surface area contributed by atoms with Crippen molar-refractivity contribution < 1.29 is 14.3 Å². The first-order valence-electron chi connectivity index (χ1n) is 7.17. The van der Waals surface area contributed by atoms with Crippen LogP contribution in [0.5, 0.6) is 0 Å². The maximum atomic E-state index is 13.9. The summed E-state index contributed by atoms with van der Waals surface area (Å²) in [6, 6.07) is 6.11. The lowest BCUT2D eigenvalue weighted by Crippen LogP contribution is -2.50. The van der Waals surface area contributed by atoms with Gasteiger partial charge in [-0.25, -0.2) is 4.39 Å². The molecule has 0 radical (unpaired) electrons. The third kappa shape index (κ3) is 3.01. The summed E-state index contributed by atoms with van der Waals surface area (Å²) in [6.45, 7) is 3.41. The fraction of sp³-hybridized carbons (Fsp3) is 0.562. The summed E-state index contributed by atoms with van der Waals surface area (Å²) in [5.74, 6) is -0.620. The second-order valence-corrected chi connectivity index (χ2v) is 6.04. The van der Waals surface area contributed by atoms with Crippen molar-refractivity contribution in [3.63, 3.8) is 0 Å². The standard InChI is InChI=1S/C16H22FNO2/c1-16(2,11-7-3-4-8-12(11)17)15(20)18-13-9-5-6-10-14(13)19/h3-4,7-8,13-14,19H,5-6,9-10H2,1-2H3,(H,18,20). The van der Waals surface area contributed by atoms with Crippen LogP contribution < -0.4 is 5.32 Å². The Kier molecular flexibility index (Phi) is 4.43. The Morgan fingerprint density at radius 3 is 2.60 bits per heavy atom. The largest absolute Gasteiger partial charge is 0.391 e. The molecule has 0 heterocycles. The summed E-state index contributed by atoms with van der Waals surface area (Å²) in [7, 11) is 0. The number of aliphatic hydroxyl groups excluding tert-OH is 1. The van der Waals surface area contributed by atoms with Gasteiger partial charge in [-0.3, -0.25) is 4.79 Å². The van der Waals surface area contributed by atoms with Gasteiger partial charge in [0.1, 0.15) is 5.82 Å². The summed E-state index contributed by atoms with van der Waals surface area (Å²) < 4.78 is 13.9. The van der Waals surface area contributed by atoms with Crippen molar-refractivity contribution in [1.82, 2.24) is 5.32 Å². The van der Waals surface area contributed by atoms with Crippen LogP contribution in [-0.4, -0.2) is 23.2 Å². The van der Waals surface area contributed by atoms with Gasteiger partial charge in [0.2, 0.25) is 5.91 Å². The van der Waals surface area contributed by atoms with E-state index in [4.69, 9.17) is 0 Å². The molecule has 0 saturated heterocycles. The van der Waals surface area contributed by atoms with Gasteiger partial charge in [0, 0.05) is 5.56 Å². The molecular weight excluding hydrogens is 257 g/mol. The Labute approximate surface area is 119 Å². The van der Waals surface area contributed by atoms with E-state index in [-0.39, 0.29) is 17.8 Å². The van der Waals surface area contributed by atoms with Gasteiger partial charge in [-0.05, 0) is 32.8 Å². The quantitative estimate of drug-likeness (QED) is 0.893. The van der Waals surface area contributed by atoms with Crippen LogP contribution in [0.25, 0.3) is 0 Å². The Hall–Kier alpha value is -1.42. The second kappa shape index (κ2) is 5.92. The smallest absolute Gasteiger partial charge is 0.230 e. The van der Waals surface area contributed by atoms with E-state index in [1.54, 1.807) is 32.0 Å². The molecule has 0 spiro atoms. The van der Waals surface area contributed by atoms with Gasteiger partial charge < -0.3 is 10.4 Å². The number of rotatable bonds is 3. The number of benzene rings is 1. The van der Waals surface area contributed by atoms with E-state index in [0.717, 1.165) is 19.3 Å². The van der Waals surface area contributed by atoms with Crippen molar-refractivity contribution in [2.24, 2.45) is 0 Å². The first-order valence-corrected chi connectivity index (χ1v) is 7.17. The Morgan fingerprint density at radius 1 is 1.30 bits per heavy atom. The fourth-order valence-electron chi connectivity index (χ4n) is 2.72. The van der Waals surface area contributed by atoms with Gasteiger partial charge in [0.25, 0.3) is 0 Å². The third-order valence-electron chi connectivity index (χ3n) is 4.16. The van der Waals surface area contributed by atoms with Crippen LogP contribution in [-0.2, 0) is 10.2 Å². The first kappa shape index (κ1) is 15.0. The average Bonchev–Trinajstić information content (AvgIpc) is 2.41. The highest BCUT2D eigenvalue weighted by Crippen LogP contribution is 2.27. The first-order chi connectivity index (χ1) is 9.43. The number of amides is 1. The fourth-order valence-corrected chi connectivity index (χ4v) is 2.72. The number of carbonyl (C=O) groups excluding carboxylic acids is 1. The van der Waals surface area contributed by atoms with E-state index in [0.29, 0.717) is 12.0 Å². The zero-order valence-corrected chi connectivity index (χ0v) is 12.0. The Balaban J connectivity index is 2.13. The molecular formula is C16H22FNO2. The van der Waals surface area contributed by atoms with Crippen molar-refractivity contribution in [2.45, 2.75) is 57.1 Å². The van der Waals surface area contributed by atoms with Gasteiger partial charge >= 0.3 is 0 Å². The molecule has 2 rings (SSSR count). The van der Waals surface area contributed by atoms with Crippen molar-refractivity contribution >= 4 is 5.91 Å². The minimum atomic E-state index is -0.956. The average molecular weight is 279 g/mol. The van der Waals surface area contributed by atoms with Gasteiger partial charge in [0.15, 0.2) is 0 Å². The molecule has 1 amide bonds. The van der Waals surface area contributed by atoms with Crippen molar-refractivity contribution in [3.8, 4) is 0 Å². The number of hydrogen-bond acceptors (Lipinski definition) is 2. The van der Waals surface area contributed by atoms with Crippen LogP contribution in [0.3, 0.4) is 0 Å². The maximum Gasteiger partial charge on any atom is 0.230 e. The third-order valence-corrected chi connectivity index (χ3v) is 4.16. The molecule has 2 N–H and O–H groups in total. The van der Waals surface area contributed by atoms with Crippen LogP contribution in [0, 0.1) is 5.82 Å². The zero-order valence-electron chi connectivity index (χ0n) is 12.0. The topological polar surface area (TPSA) is 49.3 Å². The molecule has 0 aromatic heterocycles. The van der Waals surface area contributed by atoms with Crippen LogP contribution in [0.15, 0.2) is 24.3 Å². The highest BCUT2D eigenvalue weighted by Gasteiger charge is 2.35. The molecule has 1 fully saturated rings. The van der Waals surface area contributed by atoms with Crippen molar-refractivity contribution in [1.29, 1.82) is 0 Å². The van der Waals surface area contributed by atoms with Gasteiger partial charge in [-0.1, -0.05) is 31.0 Å². The molecule has 1 saturated carbocycles. The van der Waals surface area contributed by atoms with E-state index >= 15 is 0 Å². The summed E-state index contributed by atoms with van der Waals surface area (Å²) in [5, 5.41) is 12.8. The monoisotopic (exact) mass is 279 g/mol. The van der Waals surface area contributed by atoms with Crippen molar-refractivity contribution in [2.75, 3.05) is 0 Å². The molecule has 2 unspecified atom stereocenters. The Bertz CT molecular complexity index is 487. The van der Waals surface area contributed by atoms with Gasteiger partial charge in [-0.2, -0.15) is 0 Å². The van der Waals surface area contributed by atoms with E-state index in [9.17, 15) is 14.3 Å². The normalized spacial score (nSPS) is 23.4. The lowest BCUT2D eigenvalue weighted by Gasteiger charge is -2.32. The van der Waals surface area contributed by atoms with Gasteiger partial charge in [0.05, 0.1) is 17.6 Å². The Morgan fingerprint density at radius 2 is 1.95 bits per heavy atom. The molecule has 20 heavy (non-hydrogen) atoms. The molecule has 1 aromatic rings. The van der Waals surface area contributed by atoms with Gasteiger partial charge in [-0.15, -0.1) is 0 Å². The number of carbonyl (C=O) groups is 1. The van der Waals surface area contributed by atoms with Crippen LogP contribution in [0.2, 0.25) is 0 Å². The highest BCUT2D eigenvalue weighted by molar-refractivity contribution is 5.87. The van der Waals surface area contributed by atoms with E-state index in [1.165, 1.54) is 6.07 Å². The molecule has 2 atom stereocenters. The predicted octanol–water partition coefficient (Wildman–Crippen LogP) is 2.52. The molecule has 4 heteroatoms. The lowest BCUT2D eigenvalue weighted by atomic mass is 9.82. The van der Waals surface area contributed by atoms with E-state index in [2.05, 4.69) is 5.32 Å². The highest BCUT2D eigenvalue weighted by atomic mass is 19.1. The summed E-state index contributed by atoms with van der Waals surface area (Å²) in [5.41, 5.74) is -0.578. The molecule has 1 aliphatic carbocycles. The van der Waals surface area contributed by atoms with Crippen LogP contribution >= 0.6 is 0 Å². The molecule has 110 valence electrons. The molecule has 0 bridgehead atoms. The molecule has 0 aliphatic heterocycles. The van der Waals surface area contributed by atoms with E-state index < -0.39 is 11.5 Å². The van der Waals surface area contributed by atoms with Crippen LogP contribution in [0.4, 0.5) is 4.39 Å².